The first-order valence-corrected chi connectivity index (χ1v) is 7.13. The van der Waals surface area contributed by atoms with Gasteiger partial charge < -0.3 is 15.8 Å². The fraction of sp³-hybridized carbons (Fsp3) is 1.00. The summed E-state index contributed by atoms with van der Waals surface area (Å²) in [6.07, 6.45) is 6.23. The zero-order valence-electron chi connectivity index (χ0n) is 10.9. The largest absolute Gasteiger partial charge is 0.379 e. The lowest BCUT2D eigenvalue weighted by Crippen LogP contribution is -2.41. The number of ether oxygens (including phenoxy) is 1. The molecule has 0 bridgehead atoms. The van der Waals surface area contributed by atoms with Crippen LogP contribution in [0.5, 0.6) is 0 Å². The van der Waals surface area contributed by atoms with E-state index in [-0.39, 0.29) is 0 Å². The summed E-state index contributed by atoms with van der Waals surface area (Å²) in [6, 6.07) is 1.10. The highest BCUT2D eigenvalue weighted by Gasteiger charge is 2.18. The minimum absolute atomic E-state index is 0.431. The molecule has 17 heavy (non-hydrogen) atoms. The monoisotopic (exact) mass is 241 g/mol. The Morgan fingerprint density at radius 3 is 2.82 bits per heavy atom. The summed E-state index contributed by atoms with van der Waals surface area (Å²) in [6.45, 7) is 6.36. The Hall–Kier alpha value is -0.160. The van der Waals surface area contributed by atoms with Crippen molar-refractivity contribution in [1.82, 2.24) is 10.2 Å². The molecule has 100 valence electrons. The maximum absolute atomic E-state index is 5.98. The van der Waals surface area contributed by atoms with E-state index in [1.54, 1.807) is 0 Å². The lowest BCUT2D eigenvalue weighted by Gasteiger charge is -2.29. The molecule has 0 aromatic rings. The van der Waals surface area contributed by atoms with Crippen molar-refractivity contribution in [3.8, 4) is 0 Å². The van der Waals surface area contributed by atoms with Crippen molar-refractivity contribution in [3.63, 3.8) is 0 Å². The van der Waals surface area contributed by atoms with Gasteiger partial charge in [0, 0.05) is 25.2 Å². The van der Waals surface area contributed by atoms with Crippen molar-refractivity contribution in [3.05, 3.63) is 0 Å². The molecule has 4 nitrogen and oxygen atoms in total. The molecule has 1 aliphatic heterocycles. The van der Waals surface area contributed by atoms with E-state index in [4.69, 9.17) is 10.5 Å². The van der Waals surface area contributed by atoms with Crippen LogP contribution in [-0.2, 0) is 4.74 Å². The van der Waals surface area contributed by atoms with Gasteiger partial charge in [0.05, 0.1) is 13.2 Å². The predicted molar refractivity (Wildman–Crippen MR) is 70.1 cm³/mol. The van der Waals surface area contributed by atoms with Crippen LogP contribution in [0.1, 0.15) is 32.1 Å². The van der Waals surface area contributed by atoms with Crippen molar-refractivity contribution in [1.29, 1.82) is 0 Å². The lowest BCUT2D eigenvalue weighted by molar-refractivity contribution is 0.0373. The third-order valence-electron chi connectivity index (χ3n) is 3.90. The smallest absolute Gasteiger partial charge is 0.0594 e. The fourth-order valence-electron chi connectivity index (χ4n) is 2.85. The van der Waals surface area contributed by atoms with Crippen LogP contribution in [0.2, 0.25) is 0 Å². The molecule has 3 N–H and O–H groups in total. The molecule has 2 atom stereocenters. The SMILES string of the molecule is NC1CCCC(NCCCN2CCOCC2)C1. The van der Waals surface area contributed by atoms with Crippen molar-refractivity contribution >= 4 is 0 Å². The molecule has 1 heterocycles. The number of nitrogens with one attached hydrogen (secondary N) is 1. The van der Waals surface area contributed by atoms with Gasteiger partial charge in [0.15, 0.2) is 0 Å². The molecule has 1 aliphatic carbocycles. The summed E-state index contributed by atoms with van der Waals surface area (Å²) in [5, 5.41) is 3.65. The van der Waals surface area contributed by atoms with Gasteiger partial charge in [0.1, 0.15) is 0 Å². The zero-order valence-corrected chi connectivity index (χ0v) is 10.9. The summed E-state index contributed by atoms with van der Waals surface area (Å²) in [5.41, 5.74) is 5.98. The number of nitrogens with two attached hydrogens (primary N) is 1. The molecule has 0 aromatic carbocycles. The average molecular weight is 241 g/mol. The Bertz CT molecular complexity index is 207. The maximum atomic E-state index is 5.98. The van der Waals surface area contributed by atoms with E-state index in [1.165, 1.54) is 32.2 Å². The van der Waals surface area contributed by atoms with Crippen LogP contribution in [0.3, 0.4) is 0 Å². The third kappa shape index (κ3) is 4.92. The molecule has 0 aromatic heterocycles. The molecule has 2 aliphatic rings. The van der Waals surface area contributed by atoms with Crippen LogP contribution in [-0.4, -0.2) is 56.4 Å². The highest BCUT2D eigenvalue weighted by atomic mass is 16.5. The predicted octanol–water partition coefficient (Wildman–Crippen LogP) is 0.568. The number of nitrogens with zero attached hydrogens (tertiary/aromatic N) is 1. The molecule has 1 saturated heterocycles. The Kier molecular flexibility index (Phi) is 5.71. The first-order chi connectivity index (χ1) is 8.34. The number of hydrogen-bond donors (Lipinski definition) is 2. The van der Waals surface area contributed by atoms with Crippen molar-refractivity contribution in [2.45, 2.75) is 44.2 Å². The average Bonchev–Trinajstić information content (AvgIpc) is 2.36. The van der Waals surface area contributed by atoms with Crippen molar-refractivity contribution in [2.24, 2.45) is 5.73 Å². The Morgan fingerprint density at radius 2 is 2.06 bits per heavy atom. The van der Waals surface area contributed by atoms with Gasteiger partial charge in [0.2, 0.25) is 0 Å². The Morgan fingerprint density at radius 1 is 1.24 bits per heavy atom. The number of morpholine rings is 1. The summed E-state index contributed by atoms with van der Waals surface area (Å²) in [4.78, 5) is 2.50. The molecular weight excluding hydrogens is 214 g/mol. The minimum Gasteiger partial charge on any atom is -0.379 e. The van der Waals surface area contributed by atoms with Crippen LogP contribution in [0, 0.1) is 0 Å². The fourth-order valence-corrected chi connectivity index (χ4v) is 2.85. The van der Waals surface area contributed by atoms with Crippen LogP contribution in [0.15, 0.2) is 0 Å². The number of rotatable bonds is 5. The standard InChI is InChI=1S/C13H27N3O/c14-12-3-1-4-13(11-12)15-5-2-6-16-7-9-17-10-8-16/h12-13,15H,1-11,14H2. The quantitative estimate of drug-likeness (QED) is 0.691. The second-order valence-corrected chi connectivity index (χ2v) is 5.39. The van der Waals surface area contributed by atoms with Gasteiger partial charge in [0.25, 0.3) is 0 Å². The highest BCUT2D eigenvalue weighted by molar-refractivity contribution is 4.79. The van der Waals surface area contributed by atoms with E-state index < -0.39 is 0 Å². The summed E-state index contributed by atoms with van der Waals surface area (Å²) in [7, 11) is 0. The molecule has 4 heteroatoms. The third-order valence-corrected chi connectivity index (χ3v) is 3.90. The molecule has 0 spiro atoms. The van der Waals surface area contributed by atoms with Gasteiger partial charge in [-0.3, -0.25) is 4.90 Å². The van der Waals surface area contributed by atoms with Crippen LogP contribution >= 0.6 is 0 Å². The Labute approximate surface area is 105 Å². The molecular formula is C13H27N3O. The summed E-state index contributed by atoms with van der Waals surface area (Å²) < 4.78 is 5.34. The molecule has 2 fully saturated rings. The number of hydrogen-bond acceptors (Lipinski definition) is 4. The van der Waals surface area contributed by atoms with E-state index in [1.807, 2.05) is 0 Å². The van der Waals surface area contributed by atoms with Gasteiger partial charge in [-0.25, -0.2) is 0 Å². The molecule has 1 saturated carbocycles. The maximum Gasteiger partial charge on any atom is 0.0594 e. The van der Waals surface area contributed by atoms with Crippen molar-refractivity contribution < 1.29 is 4.74 Å². The van der Waals surface area contributed by atoms with Gasteiger partial charge in [-0.05, 0) is 38.8 Å². The molecule has 2 rings (SSSR count). The van der Waals surface area contributed by atoms with E-state index in [2.05, 4.69) is 10.2 Å². The molecule has 0 amide bonds. The van der Waals surface area contributed by atoms with Crippen LogP contribution < -0.4 is 11.1 Å². The van der Waals surface area contributed by atoms with Crippen LogP contribution in [0.25, 0.3) is 0 Å². The van der Waals surface area contributed by atoms with Gasteiger partial charge >= 0.3 is 0 Å². The molecule has 2 unspecified atom stereocenters. The van der Waals surface area contributed by atoms with Gasteiger partial charge in [-0.2, -0.15) is 0 Å². The normalized spacial score (nSPS) is 31.6. The Balaban J connectivity index is 1.50. The minimum atomic E-state index is 0.431. The molecule has 0 radical (unpaired) electrons. The van der Waals surface area contributed by atoms with Crippen molar-refractivity contribution in [2.75, 3.05) is 39.4 Å². The van der Waals surface area contributed by atoms with Gasteiger partial charge in [-0.1, -0.05) is 6.42 Å². The first kappa shape index (κ1) is 13.3. The summed E-state index contributed by atoms with van der Waals surface area (Å²) in [5.74, 6) is 0. The lowest BCUT2D eigenvalue weighted by atomic mass is 9.91. The van der Waals surface area contributed by atoms with E-state index in [0.29, 0.717) is 12.1 Å². The highest BCUT2D eigenvalue weighted by Crippen LogP contribution is 2.16. The summed E-state index contributed by atoms with van der Waals surface area (Å²) >= 11 is 0. The van der Waals surface area contributed by atoms with E-state index in [0.717, 1.165) is 39.3 Å². The second kappa shape index (κ2) is 7.31. The van der Waals surface area contributed by atoms with E-state index in [9.17, 15) is 0 Å². The first-order valence-electron chi connectivity index (χ1n) is 7.13. The van der Waals surface area contributed by atoms with E-state index >= 15 is 0 Å². The second-order valence-electron chi connectivity index (χ2n) is 5.39. The van der Waals surface area contributed by atoms with Crippen LogP contribution in [0.4, 0.5) is 0 Å². The topological polar surface area (TPSA) is 50.5 Å². The zero-order chi connectivity index (χ0) is 11.9. The van der Waals surface area contributed by atoms with Gasteiger partial charge in [-0.15, -0.1) is 0 Å².